The predicted molar refractivity (Wildman–Crippen MR) is 83.1 cm³/mol. The molecule has 0 N–H and O–H groups in total. The van der Waals surface area contributed by atoms with Gasteiger partial charge >= 0.3 is 0 Å². The van der Waals surface area contributed by atoms with Gasteiger partial charge < -0.3 is 4.74 Å². The van der Waals surface area contributed by atoms with Crippen molar-refractivity contribution in [3.8, 4) is 0 Å². The summed E-state index contributed by atoms with van der Waals surface area (Å²) in [7, 11) is 0. The Morgan fingerprint density at radius 2 is 1.90 bits per heavy atom. The van der Waals surface area contributed by atoms with Crippen LogP contribution in [0, 0.1) is 5.41 Å². The molecule has 2 aliphatic heterocycles. The van der Waals surface area contributed by atoms with Crippen molar-refractivity contribution in [1.29, 1.82) is 0 Å². The van der Waals surface area contributed by atoms with Gasteiger partial charge in [0.1, 0.15) is 5.82 Å². The molecule has 21 heavy (non-hydrogen) atoms. The molecule has 0 bridgehead atoms. The first-order chi connectivity index (χ1) is 10.2. The lowest BCUT2D eigenvalue weighted by Crippen LogP contribution is -2.45. The van der Waals surface area contributed by atoms with Crippen LogP contribution in [0.5, 0.6) is 0 Å². The molecule has 0 amide bonds. The Hall–Kier alpha value is -1.00. The van der Waals surface area contributed by atoms with Gasteiger partial charge in [-0.25, -0.2) is 9.97 Å². The zero-order valence-electron chi connectivity index (χ0n) is 13.3. The van der Waals surface area contributed by atoms with Gasteiger partial charge in [0.2, 0.25) is 0 Å². The molecule has 1 aromatic rings. The summed E-state index contributed by atoms with van der Waals surface area (Å²) in [5.41, 5.74) is 1.75. The van der Waals surface area contributed by atoms with Crippen LogP contribution in [0.2, 0.25) is 0 Å². The Bertz CT molecular complexity index is 446. The van der Waals surface area contributed by atoms with E-state index in [9.17, 15) is 0 Å². The van der Waals surface area contributed by atoms with Gasteiger partial charge in [0.05, 0.1) is 0 Å². The van der Waals surface area contributed by atoms with Crippen LogP contribution in [0.4, 0.5) is 0 Å². The van der Waals surface area contributed by atoms with Gasteiger partial charge in [-0.2, -0.15) is 0 Å². The largest absolute Gasteiger partial charge is 0.381 e. The van der Waals surface area contributed by atoms with Gasteiger partial charge in [-0.05, 0) is 37.6 Å². The quantitative estimate of drug-likeness (QED) is 0.857. The van der Waals surface area contributed by atoms with E-state index in [0.29, 0.717) is 11.3 Å². The maximum Gasteiger partial charge on any atom is 0.130 e. The molecular weight excluding hydrogens is 262 g/mol. The smallest absolute Gasteiger partial charge is 0.130 e. The van der Waals surface area contributed by atoms with E-state index < -0.39 is 0 Å². The Labute approximate surface area is 127 Å². The van der Waals surface area contributed by atoms with Crippen molar-refractivity contribution >= 4 is 0 Å². The second-order valence-corrected chi connectivity index (χ2v) is 7.03. The Morgan fingerprint density at radius 3 is 2.57 bits per heavy atom. The topological polar surface area (TPSA) is 38.2 Å². The van der Waals surface area contributed by atoms with Crippen LogP contribution in [0.3, 0.4) is 0 Å². The lowest BCUT2D eigenvalue weighted by Gasteiger charge is -2.45. The van der Waals surface area contributed by atoms with Gasteiger partial charge in [-0.1, -0.05) is 13.8 Å². The zero-order valence-corrected chi connectivity index (χ0v) is 13.3. The molecule has 3 rings (SSSR count). The molecule has 2 saturated heterocycles. The van der Waals surface area contributed by atoms with Crippen molar-refractivity contribution in [3.05, 3.63) is 23.8 Å². The highest BCUT2D eigenvalue weighted by Gasteiger charge is 2.36. The molecule has 1 aromatic heterocycles. The average Bonchev–Trinajstić information content (AvgIpc) is 2.49. The first-order valence-corrected chi connectivity index (χ1v) is 8.28. The van der Waals surface area contributed by atoms with Gasteiger partial charge in [0.25, 0.3) is 0 Å². The normalized spacial score (nSPS) is 22.8. The van der Waals surface area contributed by atoms with E-state index in [4.69, 9.17) is 4.74 Å². The predicted octanol–water partition coefficient (Wildman–Crippen LogP) is 2.99. The standard InChI is InChI=1S/C17H27N3O/c1-14(2)16-18-10-15(11-19-16)12-20-7-3-4-17(13-20)5-8-21-9-6-17/h10-11,14H,3-9,12-13H2,1-2H3. The van der Waals surface area contributed by atoms with Gasteiger partial charge in [0, 0.05) is 50.2 Å². The van der Waals surface area contributed by atoms with E-state index in [0.717, 1.165) is 25.6 Å². The molecule has 0 aromatic carbocycles. The van der Waals surface area contributed by atoms with Crippen molar-refractivity contribution in [2.24, 2.45) is 5.41 Å². The molecule has 3 heterocycles. The van der Waals surface area contributed by atoms with Crippen molar-refractivity contribution < 1.29 is 4.74 Å². The molecule has 0 unspecified atom stereocenters. The van der Waals surface area contributed by atoms with Crippen molar-refractivity contribution in [3.63, 3.8) is 0 Å². The SMILES string of the molecule is CC(C)c1ncc(CN2CCCC3(CCOCC3)C2)cn1. The molecule has 0 radical (unpaired) electrons. The lowest BCUT2D eigenvalue weighted by atomic mass is 9.74. The molecule has 0 aliphatic carbocycles. The summed E-state index contributed by atoms with van der Waals surface area (Å²) in [6.45, 7) is 9.56. The Morgan fingerprint density at radius 1 is 1.19 bits per heavy atom. The fraction of sp³-hybridized carbons (Fsp3) is 0.765. The highest BCUT2D eigenvalue weighted by molar-refractivity contribution is 5.07. The molecule has 2 aliphatic rings. The first kappa shape index (κ1) is 14.9. The molecule has 0 atom stereocenters. The van der Waals surface area contributed by atoms with Crippen LogP contribution < -0.4 is 0 Å². The molecule has 1 spiro atoms. The van der Waals surface area contributed by atoms with E-state index in [1.807, 2.05) is 12.4 Å². The maximum absolute atomic E-state index is 5.55. The molecule has 4 heteroatoms. The summed E-state index contributed by atoms with van der Waals surface area (Å²) in [5.74, 6) is 1.35. The maximum atomic E-state index is 5.55. The lowest BCUT2D eigenvalue weighted by molar-refractivity contribution is -0.0291. The summed E-state index contributed by atoms with van der Waals surface area (Å²) < 4.78 is 5.55. The van der Waals surface area contributed by atoms with Crippen molar-refractivity contribution in [2.45, 2.75) is 52.0 Å². The van der Waals surface area contributed by atoms with Gasteiger partial charge in [0.15, 0.2) is 0 Å². The van der Waals surface area contributed by atoms with Crippen molar-refractivity contribution in [2.75, 3.05) is 26.3 Å². The number of nitrogens with zero attached hydrogens (tertiary/aromatic N) is 3. The number of likely N-dealkylation sites (tertiary alicyclic amines) is 1. The molecule has 2 fully saturated rings. The number of hydrogen-bond acceptors (Lipinski definition) is 4. The monoisotopic (exact) mass is 289 g/mol. The number of ether oxygens (including phenoxy) is 1. The number of piperidine rings is 1. The summed E-state index contributed by atoms with van der Waals surface area (Å²) in [6.07, 6.45) is 9.15. The summed E-state index contributed by atoms with van der Waals surface area (Å²) >= 11 is 0. The number of aromatic nitrogens is 2. The minimum Gasteiger partial charge on any atom is -0.381 e. The van der Waals surface area contributed by atoms with Crippen LogP contribution >= 0.6 is 0 Å². The van der Waals surface area contributed by atoms with E-state index >= 15 is 0 Å². The molecule has 116 valence electrons. The average molecular weight is 289 g/mol. The number of hydrogen-bond donors (Lipinski definition) is 0. The second kappa shape index (κ2) is 6.41. The molecule has 4 nitrogen and oxygen atoms in total. The fourth-order valence-corrected chi connectivity index (χ4v) is 3.66. The van der Waals surface area contributed by atoms with E-state index in [-0.39, 0.29) is 0 Å². The third-order valence-corrected chi connectivity index (χ3v) is 4.94. The van der Waals surface area contributed by atoms with Gasteiger partial charge in [-0.3, -0.25) is 4.90 Å². The van der Waals surface area contributed by atoms with Crippen LogP contribution in [0.25, 0.3) is 0 Å². The van der Waals surface area contributed by atoms with E-state index in [1.54, 1.807) is 0 Å². The first-order valence-electron chi connectivity index (χ1n) is 8.28. The van der Waals surface area contributed by atoms with Crippen LogP contribution in [-0.4, -0.2) is 41.2 Å². The summed E-state index contributed by atoms with van der Waals surface area (Å²) in [4.78, 5) is 11.6. The molecule has 0 saturated carbocycles. The summed E-state index contributed by atoms with van der Waals surface area (Å²) in [6, 6.07) is 0. The highest BCUT2D eigenvalue weighted by Crippen LogP contribution is 2.39. The van der Waals surface area contributed by atoms with Crippen LogP contribution in [0.1, 0.15) is 56.8 Å². The fourth-order valence-electron chi connectivity index (χ4n) is 3.66. The van der Waals surface area contributed by atoms with E-state index in [1.165, 1.54) is 44.3 Å². The van der Waals surface area contributed by atoms with Gasteiger partial charge in [-0.15, -0.1) is 0 Å². The third-order valence-electron chi connectivity index (χ3n) is 4.94. The van der Waals surface area contributed by atoms with Crippen molar-refractivity contribution in [1.82, 2.24) is 14.9 Å². The minimum atomic E-state index is 0.402. The van der Waals surface area contributed by atoms with Crippen LogP contribution in [0.15, 0.2) is 12.4 Å². The van der Waals surface area contributed by atoms with E-state index in [2.05, 4.69) is 28.7 Å². The number of rotatable bonds is 3. The second-order valence-electron chi connectivity index (χ2n) is 7.03. The Balaban J connectivity index is 1.61. The third kappa shape index (κ3) is 3.61. The Kier molecular flexibility index (Phi) is 4.55. The zero-order chi connectivity index (χ0) is 14.7. The highest BCUT2D eigenvalue weighted by atomic mass is 16.5. The van der Waals surface area contributed by atoms with Crippen LogP contribution in [-0.2, 0) is 11.3 Å². The molecular formula is C17H27N3O. The minimum absolute atomic E-state index is 0.402. The summed E-state index contributed by atoms with van der Waals surface area (Å²) in [5, 5.41) is 0.